The molecule has 0 aromatic heterocycles. The molecule has 0 aliphatic heterocycles. The Bertz CT molecular complexity index is 981. The summed E-state index contributed by atoms with van der Waals surface area (Å²) < 4.78 is 40.5. The molecule has 1 fully saturated rings. The van der Waals surface area contributed by atoms with E-state index in [1.54, 1.807) is 30.3 Å². The van der Waals surface area contributed by atoms with E-state index in [2.05, 4.69) is 13.8 Å². The summed E-state index contributed by atoms with van der Waals surface area (Å²) in [6, 6.07) is 9.49. The molecule has 3 nitrogen and oxygen atoms in total. The molecule has 2 aromatic carbocycles. The van der Waals surface area contributed by atoms with Crippen LogP contribution in [0.2, 0.25) is 0 Å². The second-order valence-electron chi connectivity index (χ2n) is 11.3. The Hall–Kier alpha value is -2.43. The number of hydrogen-bond acceptors (Lipinski definition) is 3. The minimum Gasteiger partial charge on any atom is -0.494 e. The molecular formula is C34H48F2O3. The average molecular weight is 543 g/mol. The lowest BCUT2D eigenvalue weighted by Crippen LogP contribution is -2.15. The van der Waals surface area contributed by atoms with Crippen LogP contribution in [-0.2, 0) is 6.42 Å². The number of aryl methyl sites for hydroxylation is 1. The van der Waals surface area contributed by atoms with Crippen LogP contribution >= 0.6 is 0 Å². The van der Waals surface area contributed by atoms with E-state index in [9.17, 15) is 13.6 Å². The monoisotopic (exact) mass is 542 g/mol. The van der Waals surface area contributed by atoms with Crippen LogP contribution in [0, 0.1) is 23.5 Å². The van der Waals surface area contributed by atoms with Crippen molar-refractivity contribution in [2.24, 2.45) is 11.8 Å². The Balaban J connectivity index is 1.42. The fourth-order valence-electron chi connectivity index (χ4n) is 5.61. The molecule has 3 rings (SSSR count). The smallest absolute Gasteiger partial charge is 0.343 e. The highest BCUT2D eigenvalue weighted by Crippen LogP contribution is 2.35. The lowest BCUT2D eigenvalue weighted by atomic mass is 9.78. The van der Waals surface area contributed by atoms with Crippen molar-refractivity contribution >= 4 is 5.97 Å². The zero-order valence-corrected chi connectivity index (χ0v) is 24.1. The van der Waals surface area contributed by atoms with Crippen molar-refractivity contribution in [2.75, 3.05) is 6.61 Å². The maximum absolute atomic E-state index is 14.8. The van der Waals surface area contributed by atoms with E-state index < -0.39 is 17.6 Å². The SMILES string of the molecule is CCCCCCCCOc1ccc(C(=O)Oc2ccc(CCC3CCC(CCCCC)CC3)c(F)c2F)cc1. The normalized spacial score (nSPS) is 17.2. The highest BCUT2D eigenvalue weighted by atomic mass is 19.2. The van der Waals surface area contributed by atoms with Gasteiger partial charge in [-0.05, 0) is 67.0 Å². The molecule has 1 aliphatic rings. The largest absolute Gasteiger partial charge is 0.494 e. The van der Waals surface area contributed by atoms with Crippen molar-refractivity contribution < 1.29 is 23.0 Å². The summed E-state index contributed by atoms with van der Waals surface area (Å²) in [5.74, 6) is -1.02. The van der Waals surface area contributed by atoms with Gasteiger partial charge in [0.1, 0.15) is 5.75 Å². The standard InChI is InChI=1S/C34H48F2O3/c1-3-5-7-8-9-11-25-38-30-22-19-29(20-23-30)34(37)39-31-24-21-28(32(35)33(31)36)18-17-27-15-13-26(14-16-27)12-10-6-4-2/h19-24,26-27H,3-18,25H2,1-2H3. The Kier molecular flexibility index (Phi) is 13.8. The van der Waals surface area contributed by atoms with E-state index in [-0.39, 0.29) is 11.3 Å². The van der Waals surface area contributed by atoms with Crippen LogP contribution in [0.4, 0.5) is 8.78 Å². The van der Waals surface area contributed by atoms with Crippen molar-refractivity contribution in [3.05, 3.63) is 59.2 Å². The topological polar surface area (TPSA) is 35.5 Å². The van der Waals surface area contributed by atoms with Gasteiger partial charge in [-0.3, -0.25) is 0 Å². The van der Waals surface area contributed by atoms with E-state index in [1.807, 2.05) is 0 Å². The molecule has 0 amide bonds. The number of hydrogen-bond donors (Lipinski definition) is 0. The van der Waals surface area contributed by atoms with Crippen LogP contribution in [-0.4, -0.2) is 12.6 Å². The number of ether oxygens (including phenoxy) is 2. The van der Waals surface area contributed by atoms with Gasteiger partial charge in [0.2, 0.25) is 5.82 Å². The Morgan fingerprint density at radius 2 is 1.36 bits per heavy atom. The number of rotatable bonds is 17. The molecule has 5 heteroatoms. The van der Waals surface area contributed by atoms with Crippen LogP contribution in [0.25, 0.3) is 0 Å². The number of benzene rings is 2. The number of carbonyl (C=O) groups is 1. The van der Waals surface area contributed by atoms with Gasteiger partial charge in [-0.1, -0.05) is 103 Å². The third-order valence-electron chi connectivity index (χ3n) is 8.19. The van der Waals surface area contributed by atoms with Gasteiger partial charge in [0.25, 0.3) is 0 Å². The van der Waals surface area contributed by atoms with E-state index in [0.717, 1.165) is 25.2 Å². The zero-order valence-electron chi connectivity index (χ0n) is 24.1. The highest BCUT2D eigenvalue weighted by Gasteiger charge is 2.23. The average Bonchev–Trinajstić information content (AvgIpc) is 2.96. The van der Waals surface area contributed by atoms with Crippen molar-refractivity contribution in [1.29, 1.82) is 0 Å². The number of unbranched alkanes of at least 4 members (excludes halogenated alkanes) is 7. The number of halogens is 2. The third kappa shape index (κ3) is 10.6. The maximum Gasteiger partial charge on any atom is 0.343 e. The second-order valence-corrected chi connectivity index (χ2v) is 11.3. The quantitative estimate of drug-likeness (QED) is 0.113. The molecule has 216 valence electrons. The van der Waals surface area contributed by atoms with Gasteiger partial charge in [0.05, 0.1) is 12.2 Å². The Labute approximate surface area is 234 Å². The number of carbonyl (C=O) groups excluding carboxylic acids is 1. The van der Waals surface area contributed by atoms with Gasteiger partial charge in [0.15, 0.2) is 11.6 Å². The molecule has 0 saturated heterocycles. The molecule has 0 heterocycles. The first-order valence-corrected chi connectivity index (χ1v) is 15.4. The molecule has 39 heavy (non-hydrogen) atoms. The van der Waals surface area contributed by atoms with Gasteiger partial charge >= 0.3 is 5.97 Å². The number of esters is 1. The predicted molar refractivity (Wildman–Crippen MR) is 155 cm³/mol. The summed E-state index contributed by atoms with van der Waals surface area (Å²) in [6.07, 6.45) is 18.6. The fourth-order valence-corrected chi connectivity index (χ4v) is 5.61. The molecule has 0 atom stereocenters. The first-order chi connectivity index (χ1) is 19.0. The minimum absolute atomic E-state index is 0.260. The molecule has 0 radical (unpaired) electrons. The summed E-state index contributed by atoms with van der Waals surface area (Å²) in [6.45, 7) is 5.07. The molecular weight excluding hydrogens is 494 g/mol. The van der Waals surface area contributed by atoms with Gasteiger partial charge in [-0.25, -0.2) is 9.18 Å². The summed E-state index contributed by atoms with van der Waals surface area (Å²) in [4.78, 5) is 12.5. The molecule has 1 saturated carbocycles. The van der Waals surface area contributed by atoms with Crippen LogP contribution < -0.4 is 9.47 Å². The predicted octanol–water partition coefficient (Wildman–Crippen LogP) is 10.2. The van der Waals surface area contributed by atoms with Crippen LogP contribution in [0.3, 0.4) is 0 Å². The van der Waals surface area contributed by atoms with E-state index in [4.69, 9.17) is 9.47 Å². The van der Waals surface area contributed by atoms with E-state index >= 15 is 0 Å². The van der Waals surface area contributed by atoms with Gasteiger partial charge in [-0.2, -0.15) is 4.39 Å². The first-order valence-electron chi connectivity index (χ1n) is 15.4. The van der Waals surface area contributed by atoms with Crippen LogP contribution in [0.1, 0.15) is 126 Å². The van der Waals surface area contributed by atoms with Gasteiger partial charge in [-0.15, -0.1) is 0 Å². The summed E-state index contributed by atoms with van der Waals surface area (Å²) in [5.41, 5.74) is 0.611. The molecule has 2 aromatic rings. The molecule has 0 unspecified atom stereocenters. The Morgan fingerprint density at radius 3 is 2.05 bits per heavy atom. The molecule has 0 bridgehead atoms. The molecule has 1 aliphatic carbocycles. The summed E-state index contributed by atoms with van der Waals surface area (Å²) in [7, 11) is 0. The van der Waals surface area contributed by atoms with Crippen molar-refractivity contribution in [1.82, 2.24) is 0 Å². The van der Waals surface area contributed by atoms with E-state index in [1.165, 1.54) is 83.1 Å². The van der Waals surface area contributed by atoms with Crippen molar-refractivity contribution in [3.8, 4) is 11.5 Å². The maximum atomic E-state index is 14.8. The first kappa shape index (κ1) is 31.1. The van der Waals surface area contributed by atoms with Gasteiger partial charge < -0.3 is 9.47 Å². The second kappa shape index (κ2) is 17.3. The van der Waals surface area contributed by atoms with Crippen LogP contribution in [0.15, 0.2) is 36.4 Å². The summed E-state index contributed by atoms with van der Waals surface area (Å²) in [5, 5.41) is 0. The van der Waals surface area contributed by atoms with Crippen LogP contribution in [0.5, 0.6) is 11.5 Å². The lowest BCUT2D eigenvalue weighted by molar-refractivity contribution is 0.0726. The molecule has 0 N–H and O–H groups in total. The lowest BCUT2D eigenvalue weighted by Gasteiger charge is -2.28. The molecule has 0 spiro atoms. The zero-order chi connectivity index (χ0) is 27.9. The van der Waals surface area contributed by atoms with Crippen molar-refractivity contribution in [3.63, 3.8) is 0 Å². The van der Waals surface area contributed by atoms with Crippen molar-refractivity contribution in [2.45, 2.75) is 117 Å². The summed E-state index contributed by atoms with van der Waals surface area (Å²) >= 11 is 0. The fraction of sp³-hybridized carbons (Fsp3) is 0.618. The minimum atomic E-state index is -1.10. The third-order valence-corrected chi connectivity index (χ3v) is 8.19. The Morgan fingerprint density at radius 1 is 0.744 bits per heavy atom. The highest BCUT2D eigenvalue weighted by molar-refractivity contribution is 5.91. The van der Waals surface area contributed by atoms with Gasteiger partial charge in [0, 0.05) is 0 Å². The van der Waals surface area contributed by atoms with E-state index in [0.29, 0.717) is 30.3 Å².